The molecule has 3 aliphatic carbocycles. The Morgan fingerprint density at radius 2 is 1.28 bits per heavy atom. The number of ether oxygens (including phenoxy) is 2. The lowest BCUT2D eigenvalue weighted by molar-refractivity contribution is 0.183. The smallest absolute Gasteiger partial charge is 0.119 e. The molecule has 2 nitrogen and oxygen atoms in total. The molecule has 6 rings (SSSR count). The zero-order chi connectivity index (χ0) is 17.0. The van der Waals surface area contributed by atoms with Crippen molar-refractivity contribution in [2.75, 3.05) is 14.2 Å². The Balaban J connectivity index is 1.86. The molecule has 0 radical (unpaired) electrons. The minimum atomic E-state index is 0.276. The molecule has 0 atom stereocenters. The van der Waals surface area contributed by atoms with Gasteiger partial charge in [0.05, 0.1) is 13.7 Å². The van der Waals surface area contributed by atoms with E-state index in [-0.39, 0.29) is 11.8 Å². The van der Waals surface area contributed by atoms with Crippen LogP contribution >= 0.6 is 0 Å². The molecule has 0 unspecified atom stereocenters. The van der Waals surface area contributed by atoms with Crippen LogP contribution in [0.5, 0.6) is 5.75 Å². The first-order valence-corrected chi connectivity index (χ1v) is 8.70. The fourth-order valence-electron chi connectivity index (χ4n) is 4.75. The highest BCUT2D eigenvalue weighted by molar-refractivity contribution is 5.70. The third-order valence-corrected chi connectivity index (χ3v) is 5.64. The molecule has 0 spiro atoms. The van der Waals surface area contributed by atoms with Crippen LogP contribution in [0.1, 0.15) is 50.8 Å². The molecule has 0 saturated heterocycles. The molecular formula is C23H20O2. The van der Waals surface area contributed by atoms with E-state index in [0.29, 0.717) is 6.61 Å². The lowest BCUT2D eigenvalue weighted by Gasteiger charge is -2.43. The molecule has 3 aliphatic rings. The van der Waals surface area contributed by atoms with E-state index in [1.54, 1.807) is 14.2 Å². The second-order valence-corrected chi connectivity index (χ2v) is 6.85. The summed E-state index contributed by atoms with van der Waals surface area (Å²) in [5.74, 6) is 1.47. The maximum Gasteiger partial charge on any atom is 0.119 e. The topological polar surface area (TPSA) is 18.5 Å². The van der Waals surface area contributed by atoms with Crippen LogP contribution in [0.2, 0.25) is 0 Å². The van der Waals surface area contributed by atoms with Gasteiger partial charge in [-0.05, 0) is 51.1 Å². The molecule has 0 fully saturated rings. The van der Waals surface area contributed by atoms with Gasteiger partial charge in [0.1, 0.15) is 5.75 Å². The van der Waals surface area contributed by atoms with Crippen molar-refractivity contribution < 1.29 is 9.47 Å². The monoisotopic (exact) mass is 328 g/mol. The van der Waals surface area contributed by atoms with Crippen molar-refractivity contribution in [2.45, 2.75) is 18.4 Å². The minimum absolute atomic E-state index is 0.276. The Kier molecular flexibility index (Phi) is 3.22. The summed E-state index contributed by atoms with van der Waals surface area (Å²) in [6, 6.07) is 22.1. The minimum Gasteiger partial charge on any atom is -0.497 e. The molecule has 3 aromatic carbocycles. The van der Waals surface area contributed by atoms with Crippen LogP contribution in [0.25, 0.3) is 0 Å². The normalized spacial score (nSPS) is 19.1. The average Bonchev–Trinajstić information content (AvgIpc) is 2.67. The molecule has 0 aromatic heterocycles. The average molecular weight is 328 g/mol. The maximum atomic E-state index is 5.60. The van der Waals surface area contributed by atoms with E-state index in [1.807, 2.05) is 0 Å². The van der Waals surface area contributed by atoms with Gasteiger partial charge in [0, 0.05) is 18.9 Å². The second-order valence-electron chi connectivity index (χ2n) is 6.85. The highest BCUT2D eigenvalue weighted by atomic mass is 16.5. The fraction of sp³-hybridized carbons (Fsp3) is 0.217. The fourth-order valence-corrected chi connectivity index (χ4v) is 4.75. The quantitative estimate of drug-likeness (QED) is 0.472. The van der Waals surface area contributed by atoms with Gasteiger partial charge in [0.15, 0.2) is 0 Å². The molecular weight excluding hydrogens is 308 g/mol. The van der Waals surface area contributed by atoms with Crippen LogP contribution in [-0.2, 0) is 11.3 Å². The lowest BCUT2D eigenvalue weighted by atomic mass is 9.60. The van der Waals surface area contributed by atoms with Gasteiger partial charge in [0.25, 0.3) is 0 Å². The van der Waals surface area contributed by atoms with Gasteiger partial charge < -0.3 is 9.47 Å². The first-order chi connectivity index (χ1) is 12.3. The third kappa shape index (κ3) is 1.95. The standard InChI is InChI=1S/C23H20O2/c1-24-13-14-11-15(25-2)12-20-21(14)23-18-9-5-3-7-16(18)22(20)17-8-4-6-10-19(17)23/h3-12,22-23H,13H2,1-2H3. The van der Waals surface area contributed by atoms with Gasteiger partial charge >= 0.3 is 0 Å². The van der Waals surface area contributed by atoms with Crippen molar-refractivity contribution >= 4 is 0 Å². The number of rotatable bonds is 3. The van der Waals surface area contributed by atoms with Gasteiger partial charge in [-0.25, -0.2) is 0 Å². The van der Waals surface area contributed by atoms with Gasteiger partial charge in [-0.15, -0.1) is 0 Å². The molecule has 0 aliphatic heterocycles. The predicted molar refractivity (Wildman–Crippen MR) is 98.5 cm³/mol. The Bertz CT molecular complexity index is 926. The van der Waals surface area contributed by atoms with Crippen LogP contribution in [-0.4, -0.2) is 14.2 Å². The Hall–Kier alpha value is -2.58. The third-order valence-electron chi connectivity index (χ3n) is 5.64. The van der Waals surface area contributed by atoms with Crippen molar-refractivity contribution in [3.63, 3.8) is 0 Å². The highest BCUT2D eigenvalue weighted by Gasteiger charge is 2.42. The van der Waals surface area contributed by atoms with Crippen molar-refractivity contribution in [1.29, 1.82) is 0 Å². The SMILES string of the molecule is COCc1cc(OC)cc2c1C1c3ccccc3C2c2ccccc21. The van der Waals surface area contributed by atoms with Gasteiger partial charge in [-0.2, -0.15) is 0 Å². The highest BCUT2D eigenvalue weighted by Crippen LogP contribution is 2.57. The number of methoxy groups -OCH3 is 2. The summed E-state index contributed by atoms with van der Waals surface area (Å²) >= 11 is 0. The summed E-state index contributed by atoms with van der Waals surface area (Å²) in [5, 5.41) is 0. The number of hydrogen-bond donors (Lipinski definition) is 0. The summed E-state index contributed by atoms with van der Waals surface area (Å²) in [6.45, 7) is 0.604. The molecule has 0 amide bonds. The van der Waals surface area contributed by atoms with Gasteiger partial charge in [-0.3, -0.25) is 0 Å². The molecule has 2 bridgehead atoms. The Morgan fingerprint density at radius 3 is 1.80 bits per heavy atom. The van der Waals surface area contributed by atoms with Crippen LogP contribution in [0.4, 0.5) is 0 Å². The molecule has 25 heavy (non-hydrogen) atoms. The summed E-state index contributed by atoms with van der Waals surface area (Å²) in [7, 11) is 3.50. The zero-order valence-electron chi connectivity index (χ0n) is 14.5. The summed E-state index contributed by atoms with van der Waals surface area (Å²) in [4.78, 5) is 0. The van der Waals surface area contributed by atoms with Crippen LogP contribution in [0.3, 0.4) is 0 Å². The van der Waals surface area contributed by atoms with E-state index in [0.717, 1.165) is 5.75 Å². The molecule has 3 aromatic rings. The molecule has 0 heterocycles. The number of benzene rings is 3. The van der Waals surface area contributed by atoms with Crippen LogP contribution in [0, 0.1) is 0 Å². The second kappa shape index (κ2) is 5.47. The van der Waals surface area contributed by atoms with Gasteiger partial charge in [-0.1, -0.05) is 48.5 Å². The van der Waals surface area contributed by atoms with E-state index >= 15 is 0 Å². The van der Waals surface area contributed by atoms with E-state index < -0.39 is 0 Å². The summed E-state index contributed by atoms with van der Waals surface area (Å²) in [6.07, 6.45) is 0. The van der Waals surface area contributed by atoms with Gasteiger partial charge in [0.2, 0.25) is 0 Å². The lowest BCUT2D eigenvalue weighted by Crippen LogP contribution is -2.28. The Labute approximate surface area is 148 Å². The van der Waals surface area contributed by atoms with E-state index in [2.05, 4.69) is 60.7 Å². The maximum absolute atomic E-state index is 5.60. The van der Waals surface area contributed by atoms with Crippen molar-refractivity contribution in [3.8, 4) is 5.75 Å². The molecule has 2 heteroatoms. The molecule has 124 valence electrons. The first kappa shape index (κ1) is 14.7. The van der Waals surface area contributed by atoms with E-state index in [4.69, 9.17) is 9.47 Å². The van der Waals surface area contributed by atoms with Crippen LogP contribution < -0.4 is 4.74 Å². The zero-order valence-corrected chi connectivity index (χ0v) is 14.5. The predicted octanol–water partition coefficient (Wildman–Crippen LogP) is 4.83. The van der Waals surface area contributed by atoms with E-state index in [1.165, 1.54) is 38.9 Å². The van der Waals surface area contributed by atoms with Crippen molar-refractivity contribution in [2.24, 2.45) is 0 Å². The van der Waals surface area contributed by atoms with Crippen molar-refractivity contribution in [3.05, 3.63) is 99.6 Å². The molecule has 0 N–H and O–H groups in total. The summed E-state index contributed by atoms with van der Waals surface area (Å²) in [5.41, 5.74) is 9.72. The summed E-state index contributed by atoms with van der Waals surface area (Å²) < 4.78 is 11.1. The first-order valence-electron chi connectivity index (χ1n) is 8.70. The Morgan fingerprint density at radius 1 is 0.720 bits per heavy atom. The number of hydrogen-bond acceptors (Lipinski definition) is 2. The van der Waals surface area contributed by atoms with Crippen LogP contribution in [0.15, 0.2) is 60.7 Å². The largest absolute Gasteiger partial charge is 0.497 e. The van der Waals surface area contributed by atoms with E-state index in [9.17, 15) is 0 Å². The van der Waals surface area contributed by atoms with Crippen molar-refractivity contribution in [1.82, 2.24) is 0 Å². The molecule has 0 saturated carbocycles.